The highest BCUT2D eigenvalue weighted by molar-refractivity contribution is 6.28. The third kappa shape index (κ3) is 5.06. The maximum absolute atomic E-state index is 7.91. The highest BCUT2D eigenvalue weighted by Gasteiger charge is 2.10. The van der Waals surface area contributed by atoms with Gasteiger partial charge in [-0.25, -0.2) is 15.0 Å². The minimum Gasteiger partial charge on any atom is -0.495 e. The molecule has 0 fully saturated rings. The van der Waals surface area contributed by atoms with Crippen LogP contribution < -0.4 is 20.7 Å². The van der Waals surface area contributed by atoms with Crippen LogP contribution in [0.15, 0.2) is 35.9 Å². The summed E-state index contributed by atoms with van der Waals surface area (Å²) in [5, 5.41) is 17.5. The molecule has 0 aliphatic rings. The van der Waals surface area contributed by atoms with Crippen LogP contribution in [0.3, 0.4) is 0 Å². The van der Waals surface area contributed by atoms with Crippen LogP contribution in [-0.4, -0.2) is 34.8 Å². The molecule has 0 atom stereocenters. The first-order valence-corrected chi connectivity index (χ1v) is 8.29. The lowest BCUT2D eigenvalue weighted by atomic mass is 10.2. The number of methoxy groups -OCH3 is 1. The van der Waals surface area contributed by atoms with E-state index in [1.807, 2.05) is 14.0 Å². The lowest BCUT2D eigenvalue weighted by Crippen LogP contribution is -2.24. The Balaban J connectivity index is 2.22. The molecule has 8 nitrogen and oxygen atoms in total. The van der Waals surface area contributed by atoms with Gasteiger partial charge in [-0.1, -0.05) is 0 Å². The van der Waals surface area contributed by atoms with Crippen molar-refractivity contribution in [1.82, 2.24) is 25.6 Å². The molecule has 2 aromatic rings. The van der Waals surface area contributed by atoms with E-state index >= 15 is 0 Å². The lowest BCUT2D eigenvalue weighted by molar-refractivity contribution is 0.413. The second-order valence-electron chi connectivity index (χ2n) is 5.45. The van der Waals surface area contributed by atoms with Crippen LogP contribution in [-0.2, 0) is 6.54 Å². The molecule has 0 aliphatic carbocycles. The summed E-state index contributed by atoms with van der Waals surface area (Å²) in [6.07, 6.45) is 3.25. The average Bonchev–Trinajstić information content (AvgIpc) is 2.63. The Morgan fingerprint density at radius 2 is 2.00 bits per heavy atom. The molecule has 0 radical (unpaired) electrons. The van der Waals surface area contributed by atoms with Crippen molar-refractivity contribution in [2.24, 2.45) is 0 Å². The van der Waals surface area contributed by atoms with Gasteiger partial charge in [0.05, 0.1) is 24.7 Å². The minimum atomic E-state index is 0.134. The topological polar surface area (TPSA) is 108 Å². The molecule has 2 rings (SSSR count). The summed E-state index contributed by atoms with van der Waals surface area (Å²) in [6, 6.07) is 3.58. The van der Waals surface area contributed by atoms with E-state index in [1.54, 1.807) is 38.6 Å². The zero-order valence-electron chi connectivity index (χ0n) is 15.1. The molecule has 0 spiro atoms. The van der Waals surface area contributed by atoms with E-state index in [1.165, 1.54) is 0 Å². The predicted molar refractivity (Wildman–Crippen MR) is 103 cm³/mol. The standard InChI is InChI=1S/C17H22ClN7O/c1-10(19)15(11(2)20-3)22-7-12-8-23-17(18)25-16(12)24-14-6-5-13(26-4)9-21-14/h5-6,8-9,19-20,22H,7H2,1-4H3,(H,21,23,24,25)/b15-11+,19-10?. The fourth-order valence-electron chi connectivity index (χ4n) is 2.17. The number of hydrogen-bond acceptors (Lipinski definition) is 8. The third-order valence-corrected chi connectivity index (χ3v) is 3.82. The van der Waals surface area contributed by atoms with Crippen LogP contribution in [0.4, 0.5) is 11.6 Å². The zero-order valence-corrected chi connectivity index (χ0v) is 15.9. The Labute approximate surface area is 157 Å². The second kappa shape index (κ2) is 9.00. The molecule has 2 aromatic heterocycles. The molecule has 0 aliphatic heterocycles. The van der Waals surface area contributed by atoms with Crippen LogP contribution >= 0.6 is 11.6 Å². The van der Waals surface area contributed by atoms with Gasteiger partial charge in [0.25, 0.3) is 0 Å². The van der Waals surface area contributed by atoms with Gasteiger partial charge < -0.3 is 26.1 Å². The third-order valence-electron chi connectivity index (χ3n) is 3.63. The Kier molecular flexibility index (Phi) is 6.74. The number of rotatable bonds is 8. The van der Waals surface area contributed by atoms with Crippen LogP contribution in [0, 0.1) is 5.41 Å². The number of ether oxygens (including phenoxy) is 1. The largest absolute Gasteiger partial charge is 0.495 e. The maximum atomic E-state index is 7.91. The van der Waals surface area contributed by atoms with Crippen molar-refractivity contribution in [3.8, 4) is 5.75 Å². The van der Waals surface area contributed by atoms with Crippen molar-refractivity contribution >= 4 is 28.9 Å². The van der Waals surface area contributed by atoms with Crippen molar-refractivity contribution in [2.45, 2.75) is 20.4 Å². The minimum absolute atomic E-state index is 0.134. The number of nitrogens with zero attached hydrogens (tertiary/aromatic N) is 3. The van der Waals surface area contributed by atoms with Crippen molar-refractivity contribution in [3.63, 3.8) is 0 Å². The van der Waals surface area contributed by atoms with Gasteiger partial charge in [-0.05, 0) is 37.6 Å². The van der Waals surface area contributed by atoms with Crippen molar-refractivity contribution < 1.29 is 4.74 Å². The van der Waals surface area contributed by atoms with E-state index in [2.05, 4.69) is 30.9 Å². The van der Waals surface area contributed by atoms with Crippen LogP contribution in [0.5, 0.6) is 5.75 Å². The van der Waals surface area contributed by atoms with E-state index < -0.39 is 0 Å². The smallest absolute Gasteiger partial charge is 0.224 e. The molecule has 0 unspecified atom stereocenters. The molecule has 26 heavy (non-hydrogen) atoms. The summed E-state index contributed by atoms with van der Waals surface area (Å²) in [6.45, 7) is 4.04. The first kappa shape index (κ1) is 19.5. The quantitative estimate of drug-likeness (QED) is 0.415. The highest BCUT2D eigenvalue weighted by Crippen LogP contribution is 2.20. The molecule has 0 saturated heterocycles. The maximum Gasteiger partial charge on any atom is 0.224 e. The molecule has 2 heterocycles. The van der Waals surface area contributed by atoms with Crippen LogP contribution in [0.2, 0.25) is 5.28 Å². The molecular formula is C17H22ClN7O. The van der Waals surface area contributed by atoms with Gasteiger partial charge in [0.15, 0.2) is 0 Å². The number of allylic oxidation sites excluding steroid dienone is 2. The van der Waals surface area contributed by atoms with E-state index in [9.17, 15) is 0 Å². The molecule has 0 aromatic carbocycles. The van der Waals surface area contributed by atoms with Gasteiger partial charge in [0.2, 0.25) is 5.28 Å². The molecule has 138 valence electrons. The first-order valence-electron chi connectivity index (χ1n) is 7.91. The van der Waals surface area contributed by atoms with Gasteiger partial charge in [-0.2, -0.15) is 0 Å². The van der Waals surface area contributed by atoms with Gasteiger partial charge >= 0.3 is 0 Å². The SMILES string of the molecule is CN/C(C)=C(/NCc1cnc(Cl)nc1Nc1ccc(OC)cn1)C(C)=N. The van der Waals surface area contributed by atoms with E-state index in [4.69, 9.17) is 21.7 Å². The molecule has 4 N–H and O–H groups in total. The molecular weight excluding hydrogens is 354 g/mol. The average molecular weight is 376 g/mol. The summed E-state index contributed by atoms with van der Waals surface area (Å²) in [5.41, 5.74) is 2.81. The van der Waals surface area contributed by atoms with Crippen LogP contribution in [0.1, 0.15) is 19.4 Å². The van der Waals surface area contributed by atoms with E-state index in [-0.39, 0.29) is 5.28 Å². The Hall–Kier alpha value is -2.87. The summed E-state index contributed by atoms with van der Waals surface area (Å²) < 4.78 is 5.10. The fourth-order valence-corrected chi connectivity index (χ4v) is 2.31. The highest BCUT2D eigenvalue weighted by atomic mass is 35.5. The van der Waals surface area contributed by atoms with Gasteiger partial charge in [0.1, 0.15) is 17.4 Å². The number of pyridine rings is 1. The van der Waals surface area contributed by atoms with Gasteiger partial charge in [-0.15, -0.1) is 0 Å². The fraction of sp³-hybridized carbons (Fsp3) is 0.294. The number of anilines is 2. The molecule has 0 saturated carbocycles. The Morgan fingerprint density at radius 3 is 2.58 bits per heavy atom. The lowest BCUT2D eigenvalue weighted by Gasteiger charge is -2.16. The van der Waals surface area contributed by atoms with Crippen molar-refractivity contribution in [3.05, 3.63) is 46.8 Å². The summed E-state index contributed by atoms with van der Waals surface area (Å²) in [7, 11) is 3.40. The predicted octanol–water partition coefficient (Wildman–Crippen LogP) is 2.86. The van der Waals surface area contributed by atoms with Gasteiger partial charge in [-0.3, -0.25) is 0 Å². The van der Waals surface area contributed by atoms with Crippen LogP contribution in [0.25, 0.3) is 0 Å². The number of aromatic nitrogens is 3. The van der Waals surface area contributed by atoms with Crippen molar-refractivity contribution in [2.75, 3.05) is 19.5 Å². The summed E-state index contributed by atoms with van der Waals surface area (Å²) in [4.78, 5) is 12.6. The second-order valence-corrected chi connectivity index (χ2v) is 5.79. The zero-order chi connectivity index (χ0) is 19.1. The number of halogens is 1. The summed E-state index contributed by atoms with van der Waals surface area (Å²) >= 11 is 5.94. The Morgan fingerprint density at radius 1 is 1.23 bits per heavy atom. The van der Waals surface area contributed by atoms with Gasteiger partial charge in [0, 0.05) is 31.0 Å². The van der Waals surface area contributed by atoms with E-state index in [0.29, 0.717) is 29.6 Å². The number of nitrogens with one attached hydrogen (secondary N) is 4. The summed E-state index contributed by atoms with van der Waals surface area (Å²) in [5.74, 6) is 1.81. The normalized spacial score (nSPS) is 11.4. The Bertz CT molecular complexity index is 805. The first-order chi connectivity index (χ1) is 12.4. The molecule has 0 amide bonds. The monoisotopic (exact) mass is 375 g/mol. The van der Waals surface area contributed by atoms with Crippen molar-refractivity contribution in [1.29, 1.82) is 5.41 Å². The van der Waals surface area contributed by atoms with E-state index in [0.717, 1.165) is 17.0 Å². The molecule has 9 heteroatoms. The molecule has 0 bridgehead atoms. The number of hydrogen-bond donors (Lipinski definition) is 4.